The van der Waals surface area contributed by atoms with E-state index < -0.39 is 5.82 Å². The van der Waals surface area contributed by atoms with E-state index >= 15 is 0 Å². The Bertz CT molecular complexity index is 933. The van der Waals surface area contributed by atoms with Gasteiger partial charge in [-0.25, -0.2) is 4.39 Å². The van der Waals surface area contributed by atoms with Crippen LogP contribution in [-0.2, 0) is 4.79 Å². The number of anilines is 1. The molecule has 1 heterocycles. The number of thioether (sulfide) groups is 1. The number of benzene rings is 2. The summed E-state index contributed by atoms with van der Waals surface area (Å²) in [5.41, 5.74) is 1.13. The highest BCUT2D eigenvalue weighted by Gasteiger charge is 2.33. The van der Waals surface area contributed by atoms with Crippen LogP contribution >= 0.6 is 35.6 Å². The van der Waals surface area contributed by atoms with Gasteiger partial charge in [0.15, 0.2) is 4.32 Å². The van der Waals surface area contributed by atoms with E-state index in [1.807, 2.05) is 0 Å². The predicted molar refractivity (Wildman–Crippen MR) is 107 cm³/mol. The smallest absolute Gasteiger partial charge is 0.270 e. The van der Waals surface area contributed by atoms with Crippen LogP contribution in [0.1, 0.15) is 5.56 Å². The summed E-state index contributed by atoms with van der Waals surface area (Å²) < 4.78 is 24.2. The van der Waals surface area contributed by atoms with Crippen molar-refractivity contribution >= 4 is 57.6 Å². The quantitative estimate of drug-likeness (QED) is 0.530. The van der Waals surface area contributed by atoms with E-state index in [0.29, 0.717) is 32.0 Å². The number of rotatable bonds is 4. The van der Waals surface area contributed by atoms with E-state index in [1.54, 1.807) is 31.4 Å². The summed E-state index contributed by atoms with van der Waals surface area (Å²) in [7, 11) is 3.10. The summed E-state index contributed by atoms with van der Waals surface area (Å²) >= 11 is 12.3. The monoisotopic (exact) mass is 409 g/mol. The molecule has 0 atom stereocenters. The molecular weight excluding hydrogens is 397 g/mol. The maximum Gasteiger partial charge on any atom is 0.270 e. The summed E-state index contributed by atoms with van der Waals surface area (Å²) in [5, 5.41) is -0.0719. The molecule has 0 spiro atoms. The normalized spacial score (nSPS) is 15.7. The van der Waals surface area contributed by atoms with Gasteiger partial charge in [-0.15, -0.1) is 0 Å². The van der Waals surface area contributed by atoms with Gasteiger partial charge in [-0.3, -0.25) is 9.69 Å². The van der Waals surface area contributed by atoms with E-state index in [9.17, 15) is 9.18 Å². The molecule has 4 nitrogen and oxygen atoms in total. The highest BCUT2D eigenvalue weighted by atomic mass is 35.5. The molecule has 0 N–H and O–H groups in total. The zero-order valence-electron chi connectivity index (χ0n) is 13.8. The van der Waals surface area contributed by atoms with Crippen molar-refractivity contribution < 1.29 is 18.7 Å². The van der Waals surface area contributed by atoms with Crippen LogP contribution in [0.3, 0.4) is 0 Å². The van der Waals surface area contributed by atoms with E-state index in [0.717, 1.165) is 11.8 Å². The second kappa shape index (κ2) is 7.65. The molecule has 0 bridgehead atoms. The van der Waals surface area contributed by atoms with Gasteiger partial charge in [0.2, 0.25) is 0 Å². The average Bonchev–Trinajstić information content (AvgIpc) is 2.91. The van der Waals surface area contributed by atoms with Crippen LogP contribution in [0.2, 0.25) is 5.02 Å². The van der Waals surface area contributed by atoms with Crippen LogP contribution in [0.15, 0.2) is 41.3 Å². The lowest BCUT2D eigenvalue weighted by molar-refractivity contribution is -0.113. The number of ether oxygens (including phenoxy) is 2. The largest absolute Gasteiger partial charge is 0.497 e. The van der Waals surface area contributed by atoms with E-state index in [1.165, 1.54) is 30.2 Å². The zero-order valence-corrected chi connectivity index (χ0v) is 16.2. The number of nitrogens with zero attached hydrogens (tertiary/aromatic N) is 1. The third-order valence-electron chi connectivity index (χ3n) is 3.68. The maximum atomic E-state index is 13.4. The Kier molecular flexibility index (Phi) is 5.50. The van der Waals surface area contributed by atoms with Crippen molar-refractivity contribution in [1.29, 1.82) is 0 Å². The molecule has 8 heteroatoms. The molecule has 2 aromatic carbocycles. The first-order chi connectivity index (χ1) is 12.4. The van der Waals surface area contributed by atoms with Gasteiger partial charge in [0.05, 0.1) is 29.8 Å². The lowest BCUT2D eigenvalue weighted by Gasteiger charge is -2.14. The van der Waals surface area contributed by atoms with Crippen LogP contribution in [-0.4, -0.2) is 24.4 Å². The minimum Gasteiger partial charge on any atom is -0.497 e. The standard InChI is InChI=1S/C18H13ClFNO3S2/c1-23-12-5-3-10(15(9-12)24-2)7-16-17(22)21(18(25)26-16)11-4-6-14(20)13(19)8-11/h3-9H,1-2H3/b16-7-. The summed E-state index contributed by atoms with van der Waals surface area (Å²) in [4.78, 5) is 14.5. The first-order valence-electron chi connectivity index (χ1n) is 7.39. The lowest BCUT2D eigenvalue weighted by Crippen LogP contribution is -2.27. The summed E-state index contributed by atoms with van der Waals surface area (Å²) in [6, 6.07) is 9.33. The van der Waals surface area contributed by atoms with Gasteiger partial charge >= 0.3 is 0 Å². The number of thiocarbonyl (C=S) groups is 1. The fraction of sp³-hybridized carbons (Fsp3) is 0.111. The number of halogens is 2. The van der Waals surface area contributed by atoms with Crippen LogP contribution < -0.4 is 14.4 Å². The first-order valence-corrected chi connectivity index (χ1v) is 9.00. The highest BCUT2D eigenvalue weighted by molar-refractivity contribution is 8.27. The second-order valence-electron chi connectivity index (χ2n) is 5.22. The number of hydrogen-bond acceptors (Lipinski definition) is 5. The fourth-order valence-electron chi connectivity index (χ4n) is 2.39. The number of carbonyl (C=O) groups is 1. The minimum atomic E-state index is -0.556. The van der Waals surface area contributed by atoms with Crippen molar-refractivity contribution in [2.45, 2.75) is 0 Å². The molecule has 2 aromatic rings. The van der Waals surface area contributed by atoms with E-state index in [4.69, 9.17) is 33.3 Å². The zero-order chi connectivity index (χ0) is 18.8. The predicted octanol–water partition coefficient (Wildman–Crippen LogP) is 4.90. The van der Waals surface area contributed by atoms with E-state index in [-0.39, 0.29) is 10.9 Å². The van der Waals surface area contributed by atoms with Crippen molar-refractivity contribution in [2.24, 2.45) is 0 Å². The van der Waals surface area contributed by atoms with Gasteiger partial charge in [-0.05, 0) is 36.4 Å². The third kappa shape index (κ3) is 3.56. The van der Waals surface area contributed by atoms with Crippen LogP contribution in [0.25, 0.3) is 6.08 Å². The molecule has 1 aliphatic heterocycles. The molecule has 3 rings (SSSR count). The van der Waals surface area contributed by atoms with Crippen LogP contribution in [0, 0.1) is 5.82 Å². The van der Waals surface area contributed by atoms with Crippen molar-refractivity contribution in [2.75, 3.05) is 19.1 Å². The molecule has 0 saturated carbocycles. The van der Waals surface area contributed by atoms with Crippen molar-refractivity contribution in [3.8, 4) is 11.5 Å². The van der Waals surface area contributed by atoms with Gasteiger partial charge in [0.1, 0.15) is 17.3 Å². The Morgan fingerprint density at radius 2 is 1.96 bits per heavy atom. The molecule has 1 fully saturated rings. The molecule has 1 amide bonds. The average molecular weight is 410 g/mol. The minimum absolute atomic E-state index is 0.0719. The van der Waals surface area contributed by atoms with Gasteiger partial charge in [0, 0.05) is 11.6 Å². The Morgan fingerprint density at radius 3 is 2.62 bits per heavy atom. The topological polar surface area (TPSA) is 38.8 Å². The van der Waals surface area contributed by atoms with Gasteiger partial charge in [-0.2, -0.15) is 0 Å². The molecule has 26 heavy (non-hydrogen) atoms. The molecular formula is C18H13ClFNO3S2. The molecule has 134 valence electrons. The maximum absolute atomic E-state index is 13.4. The Labute approximate surface area is 164 Å². The fourth-order valence-corrected chi connectivity index (χ4v) is 3.86. The summed E-state index contributed by atoms with van der Waals surface area (Å²) in [5.74, 6) is 0.354. The second-order valence-corrected chi connectivity index (χ2v) is 7.31. The number of methoxy groups -OCH3 is 2. The molecule has 0 aromatic heterocycles. The first kappa shape index (κ1) is 18.7. The van der Waals surface area contributed by atoms with Crippen molar-refractivity contribution in [3.05, 3.63) is 57.7 Å². The van der Waals surface area contributed by atoms with Gasteiger partial charge in [0.25, 0.3) is 5.91 Å². The molecule has 0 unspecified atom stereocenters. The Morgan fingerprint density at radius 1 is 1.19 bits per heavy atom. The number of carbonyl (C=O) groups excluding carboxylic acids is 1. The number of amides is 1. The lowest BCUT2D eigenvalue weighted by atomic mass is 10.1. The summed E-state index contributed by atoms with van der Waals surface area (Å²) in [6.45, 7) is 0. The summed E-state index contributed by atoms with van der Waals surface area (Å²) in [6.07, 6.45) is 1.70. The van der Waals surface area contributed by atoms with Crippen LogP contribution in [0.5, 0.6) is 11.5 Å². The Hall–Kier alpha value is -2.09. The van der Waals surface area contributed by atoms with Gasteiger partial charge < -0.3 is 9.47 Å². The molecule has 0 radical (unpaired) electrons. The molecule has 1 saturated heterocycles. The molecule has 1 aliphatic rings. The highest BCUT2D eigenvalue weighted by Crippen LogP contribution is 2.38. The third-order valence-corrected chi connectivity index (χ3v) is 5.27. The van der Waals surface area contributed by atoms with E-state index in [2.05, 4.69) is 0 Å². The Balaban J connectivity index is 1.96. The van der Waals surface area contributed by atoms with Crippen molar-refractivity contribution in [3.63, 3.8) is 0 Å². The van der Waals surface area contributed by atoms with Crippen molar-refractivity contribution in [1.82, 2.24) is 0 Å². The van der Waals surface area contributed by atoms with Gasteiger partial charge in [-0.1, -0.05) is 35.6 Å². The molecule has 0 aliphatic carbocycles. The SMILES string of the molecule is COc1ccc(/C=C2\SC(=S)N(c3ccc(F)c(Cl)c3)C2=O)c(OC)c1. The van der Waals surface area contributed by atoms with Crippen LogP contribution in [0.4, 0.5) is 10.1 Å². The number of hydrogen-bond donors (Lipinski definition) is 0.